The highest BCUT2D eigenvalue weighted by Gasteiger charge is 2.32. The first-order chi connectivity index (χ1) is 13.5. The predicted octanol–water partition coefficient (Wildman–Crippen LogP) is 1.99. The Morgan fingerprint density at radius 3 is 2.64 bits per heavy atom. The van der Waals surface area contributed by atoms with Gasteiger partial charge in [0.25, 0.3) is 0 Å². The molecule has 0 spiro atoms. The molecule has 2 aliphatic heterocycles. The van der Waals surface area contributed by atoms with Gasteiger partial charge in [-0.05, 0) is 45.1 Å². The van der Waals surface area contributed by atoms with Crippen molar-refractivity contribution in [2.45, 2.75) is 64.5 Å². The van der Waals surface area contributed by atoms with E-state index >= 15 is 0 Å². The van der Waals surface area contributed by atoms with Gasteiger partial charge in [0, 0.05) is 43.8 Å². The van der Waals surface area contributed by atoms with Crippen LogP contribution >= 0.6 is 0 Å². The number of nitrogens with zero attached hydrogens (tertiary/aromatic N) is 4. The van der Waals surface area contributed by atoms with E-state index in [1.165, 1.54) is 18.4 Å². The van der Waals surface area contributed by atoms with Crippen LogP contribution in [-0.2, 0) is 6.42 Å². The van der Waals surface area contributed by atoms with E-state index in [2.05, 4.69) is 41.5 Å². The summed E-state index contributed by atoms with van der Waals surface area (Å²) in [6, 6.07) is 1.18. The summed E-state index contributed by atoms with van der Waals surface area (Å²) in [6.07, 6.45) is 8.38. The van der Waals surface area contributed by atoms with Gasteiger partial charge < -0.3 is 21.4 Å². The van der Waals surface area contributed by atoms with Crippen LogP contribution in [0.3, 0.4) is 0 Å². The van der Waals surface area contributed by atoms with Crippen molar-refractivity contribution in [2.75, 3.05) is 25.4 Å². The number of nitrogens with two attached hydrogens (primary N) is 2. The van der Waals surface area contributed by atoms with Gasteiger partial charge in [-0.3, -0.25) is 0 Å². The molecule has 0 radical (unpaired) electrons. The van der Waals surface area contributed by atoms with E-state index < -0.39 is 0 Å². The molecule has 1 fully saturated rings. The van der Waals surface area contributed by atoms with Crippen LogP contribution in [0.5, 0.6) is 0 Å². The first-order valence-electron chi connectivity index (χ1n) is 10.6. The van der Waals surface area contributed by atoms with Crippen molar-refractivity contribution in [2.24, 2.45) is 5.73 Å². The van der Waals surface area contributed by atoms with Crippen molar-refractivity contribution in [3.63, 3.8) is 0 Å². The quantitative estimate of drug-likeness (QED) is 0.731. The fourth-order valence-electron chi connectivity index (χ4n) is 4.57. The average Bonchev–Trinajstić information content (AvgIpc) is 3.18. The van der Waals surface area contributed by atoms with Gasteiger partial charge in [-0.1, -0.05) is 13.0 Å². The van der Waals surface area contributed by atoms with E-state index in [0.29, 0.717) is 17.9 Å². The van der Waals surface area contributed by atoms with Gasteiger partial charge in [0.2, 0.25) is 0 Å². The van der Waals surface area contributed by atoms with Crippen molar-refractivity contribution in [1.82, 2.24) is 25.3 Å². The Hall–Kier alpha value is -2.12. The van der Waals surface area contributed by atoms with Crippen molar-refractivity contribution < 1.29 is 0 Å². The third-order valence-corrected chi connectivity index (χ3v) is 6.38. The second-order valence-corrected chi connectivity index (χ2v) is 8.40. The number of likely N-dealkylation sites (tertiary alicyclic amines) is 1. The lowest BCUT2D eigenvalue weighted by Crippen LogP contribution is -2.47. The fourth-order valence-corrected chi connectivity index (χ4v) is 4.57. The van der Waals surface area contributed by atoms with Gasteiger partial charge in [-0.25, -0.2) is 15.4 Å². The van der Waals surface area contributed by atoms with Crippen LogP contribution in [0, 0.1) is 0 Å². The number of allylic oxidation sites excluding steroid dienone is 1. The fraction of sp³-hybridized carbons (Fsp3) is 0.619. The molecular weight excluding hydrogens is 350 g/mol. The highest BCUT2D eigenvalue weighted by molar-refractivity contribution is 5.66. The monoisotopic (exact) mass is 383 g/mol. The minimum absolute atomic E-state index is 0.191. The molecular formula is C21H33N7. The van der Waals surface area contributed by atoms with Gasteiger partial charge >= 0.3 is 0 Å². The van der Waals surface area contributed by atoms with E-state index in [1.54, 1.807) is 0 Å². The van der Waals surface area contributed by atoms with Crippen LogP contribution in [0.4, 0.5) is 5.82 Å². The maximum atomic E-state index is 6.23. The van der Waals surface area contributed by atoms with Crippen LogP contribution in [0.1, 0.15) is 63.0 Å². The summed E-state index contributed by atoms with van der Waals surface area (Å²) >= 11 is 0. The minimum Gasteiger partial charge on any atom is -0.397 e. The molecule has 0 saturated carbocycles. The maximum absolute atomic E-state index is 6.23. The zero-order valence-corrected chi connectivity index (χ0v) is 17.3. The van der Waals surface area contributed by atoms with Crippen molar-refractivity contribution >= 4 is 11.5 Å². The Balaban J connectivity index is 1.53. The molecule has 0 bridgehead atoms. The first kappa shape index (κ1) is 19.2. The molecule has 0 amide bonds. The number of aryl methyl sites for hydroxylation is 1. The zero-order chi connectivity index (χ0) is 19.8. The van der Waals surface area contributed by atoms with Gasteiger partial charge in [0.05, 0.1) is 17.1 Å². The standard InChI is InChI=1S/C21H33N7/c1-4-18-21(23)26-19-16(5-6-17(22)20(19)25-18)14-11-24-28(12-14)15-7-9-27(10-8-15)13(2)3/h6,12-13,15-16,24H,4-5,7-11,22H2,1-3H3,(H2,23,26). The SMILES string of the molecule is CCc1nc2c(nc1N)C(C1=CN(C3CCN(C(C)C)CC3)NC1)CC=C2N. The summed E-state index contributed by atoms with van der Waals surface area (Å²) in [4.78, 5) is 12.0. The van der Waals surface area contributed by atoms with Crippen LogP contribution in [0.25, 0.3) is 5.70 Å². The predicted molar refractivity (Wildman–Crippen MR) is 113 cm³/mol. The molecule has 28 heavy (non-hydrogen) atoms. The Morgan fingerprint density at radius 2 is 1.96 bits per heavy atom. The summed E-state index contributed by atoms with van der Waals surface area (Å²) < 4.78 is 0. The summed E-state index contributed by atoms with van der Waals surface area (Å²) in [5, 5.41) is 2.32. The largest absolute Gasteiger partial charge is 0.397 e. The van der Waals surface area contributed by atoms with Crippen molar-refractivity contribution in [3.8, 4) is 0 Å². The van der Waals surface area contributed by atoms with E-state index in [0.717, 1.165) is 55.3 Å². The molecule has 1 atom stereocenters. The molecule has 5 N–H and O–H groups in total. The van der Waals surface area contributed by atoms with Crippen LogP contribution in [0.15, 0.2) is 17.8 Å². The molecule has 152 valence electrons. The second-order valence-electron chi connectivity index (χ2n) is 8.40. The van der Waals surface area contributed by atoms with Crippen molar-refractivity contribution in [3.05, 3.63) is 34.9 Å². The normalized spacial score (nSPS) is 23.7. The lowest BCUT2D eigenvalue weighted by Gasteiger charge is -2.38. The first-order valence-corrected chi connectivity index (χ1v) is 10.6. The van der Waals surface area contributed by atoms with Crippen molar-refractivity contribution in [1.29, 1.82) is 0 Å². The number of aromatic nitrogens is 2. The highest BCUT2D eigenvalue weighted by atomic mass is 15.5. The number of fused-ring (bicyclic) bond motifs is 1. The Bertz CT molecular complexity index is 790. The number of anilines is 1. The number of nitrogens with one attached hydrogen (secondary N) is 1. The smallest absolute Gasteiger partial charge is 0.145 e. The van der Waals surface area contributed by atoms with Gasteiger partial charge in [-0.15, -0.1) is 0 Å². The second kappa shape index (κ2) is 7.72. The lowest BCUT2D eigenvalue weighted by atomic mass is 9.86. The van der Waals surface area contributed by atoms with E-state index in [-0.39, 0.29) is 5.92 Å². The lowest BCUT2D eigenvalue weighted by molar-refractivity contribution is 0.101. The Labute approximate surface area is 167 Å². The van der Waals surface area contributed by atoms with Crippen LogP contribution in [-0.4, -0.2) is 51.6 Å². The third kappa shape index (κ3) is 3.49. The summed E-state index contributed by atoms with van der Waals surface area (Å²) in [5.74, 6) is 0.724. The van der Waals surface area contributed by atoms with Gasteiger partial charge in [0.15, 0.2) is 0 Å². The number of nitrogen functional groups attached to an aromatic ring is 1. The van der Waals surface area contributed by atoms with Gasteiger partial charge in [-0.2, -0.15) is 0 Å². The molecule has 3 heterocycles. The molecule has 0 aromatic carbocycles. The molecule has 7 nitrogen and oxygen atoms in total. The topological polar surface area (TPSA) is 96.3 Å². The number of hydrogen-bond acceptors (Lipinski definition) is 7. The summed E-state index contributed by atoms with van der Waals surface area (Å²) in [6.45, 7) is 9.78. The van der Waals surface area contributed by atoms with E-state index in [4.69, 9.17) is 21.4 Å². The molecule has 1 aromatic heterocycles. The number of hydrazine groups is 1. The molecule has 1 saturated heterocycles. The molecule has 1 unspecified atom stereocenters. The highest BCUT2D eigenvalue weighted by Crippen LogP contribution is 2.37. The van der Waals surface area contributed by atoms with E-state index in [1.807, 2.05) is 6.92 Å². The number of hydrogen-bond donors (Lipinski definition) is 3. The summed E-state index contributed by atoms with van der Waals surface area (Å²) in [7, 11) is 0. The Kier molecular flexibility index (Phi) is 5.29. The molecule has 1 aliphatic carbocycles. The minimum atomic E-state index is 0.191. The molecule has 1 aromatic rings. The molecule has 7 heteroatoms. The average molecular weight is 384 g/mol. The van der Waals surface area contributed by atoms with E-state index in [9.17, 15) is 0 Å². The summed E-state index contributed by atoms with van der Waals surface area (Å²) in [5.41, 5.74) is 20.6. The van der Waals surface area contributed by atoms with Crippen LogP contribution < -0.4 is 16.9 Å². The van der Waals surface area contributed by atoms with Crippen LogP contribution in [0.2, 0.25) is 0 Å². The number of rotatable bonds is 4. The number of piperidine rings is 1. The zero-order valence-electron chi connectivity index (χ0n) is 17.3. The molecule has 4 rings (SSSR count). The van der Waals surface area contributed by atoms with Gasteiger partial charge in [0.1, 0.15) is 11.5 Å². The maximum Gasteiger partial charge on any atom is 0.145 e. The molecule has 3 aliphatic rings. The Morgan fingerprint density at radius 1 is 1.21 bits per heavy atom. The third-order valence-electron chi connectivity index (χ3n) is 6.38.